The molecule has 2 rings (SSSR count). The molecule has 0 fully saturated rings. The normalized spacial score (nSPS) is 10.8. The number of aromatic nitrogens is 4. The standard InChI is InChI=1S/C8H11N5S2/c1-5-3-14-6(10-5)4-15-8-12-11-7(9)13(8)2/h3H,4H2,1-2H3,(H2,9,11). The minimum absolute atomic E-state index is 0.438. The molecule has 7 heteroatoms. The van der Waals surface area contributed by atoms with Gasteiger partial charge < -0.3 is 5.73 Å². The molecule has 2 N–H and O–H groups in total. The maximum atomic E-state index is 5.58. The molecular weight excluding hydrogens is 230 g/mol. The summed E-state index contributed by atoms with van der Waals surface area (Å²) in [6.45, 7) is 1.99. The number of aryl methyl sites for hydroxylation is 1. The number of nitrogens with zero attached hydrogens (tertiary/aromatic N) is 4. The van der Waals surface area contributed by atoms with Crippen molar-refractivity contribution in [2.24, 2.45) is 7.05 Å². The molecule has 2 aromatic rings. The first-order chi connectivity index (χ1) is 7.16. The molecule has 2 heterocycles. The molecule has 0 aliphatic heterocycles. The lowest BCUT2D eigenvalue weighted by atomic mass is 10.6. The Kier molecular flexibility index (Phi) is 2.92. The average molecular weight is 241 g/mol. The zero-order valence-corrected chi connectivity index (χ0v) is 10.1. The number of nitrogens with two attached hydrogens (primary N) is 1. The summed E-state index contributed by atoms with van der Waals surface area (Å²) in [5.41, 5.74) is 6.64. The monoisotopic (exact) mass is 241 g/mol. The average Bonchev–Trinajstić information content (AvgIpc) is 2.74. The van der Waals surface area contributed by atoms with Crippen LogP contribution >= 0.6 is 23.1 Å². The highest BCUT2D eigenvalue weighted by atomic mass is 32.2. The zero-order chi connectivity index (χ0) is 10.8. The minimum atomic E-state index is 0.438. The van der Waals surface area contributed by atoms with Gasteiger partial charge in [-0.05, 0) is 6.92 Å². The molecule has 0 saturated heterocycles. The van der Waals surface area contributed by atoms with Crippen LogP contribution in [0.4, 0.5) is 5.95 Å². The van der Waals surface area contributed by atoms with E-state index in [0.717, 1.165) is 21.6 Å². The minimum Gasteiger partial charge on any atom is -0.368 e. The van der Waals surface area contributed by atoms with Crippen molar-refractivity contribution in [3.8, 4) is 0 Å². The third kappa shape index (κ3) is 2.29. The van der Waals surface area contributed by atoms with Gasteiger partial charge in [-0.25, -0.2) is 4.98 Å². The Hall–Kier alpha value is -1.08. The van der Waals surface area contributed by atoms with Crippen LogP contribution in [0.25, 0.3) is 0 Å². The van der Waals surface area contributed by atoms with E-state index >= 15 is 0 Å². The molecule has 0 radical (unpaired) electrons. The van der Waals surface area contributed by atoms with Crippen molar-refractivity contribution in [2.45, 2.75) is 17.8 Å². The molecule has 0 atom stereocenters. The van der Waals surface area contributed by atoms with E-state index in [9.17, 15) is 0 Å². The van der Waals surface area contributed by atoms with Crippen LogP contribution in [0, 0.1) is 6.92 Å². The van der Waals surface area contributed by atoms with Crippen LogP contribution in [0.1, 0.15) is 10.7 Å². The highest BCUT2D eigenvalue weighted by Crippen LogP contribution is 2.23. The van der Waals surface area contributed by atoms with Crippen LogP contribution < -0.4 is 5.73 Å². The highest BCUT2D eigenvalue weighted by molar-refractivity contribution is 7.98. The Morgan fingerprint density at radius 3 is 2.87 bits per heavy atom. The Balaban J connectivity index is 2.02. The van der Waals surface area contributed by atoms with Crippen molar-refractivity contribution < 1.29 is 0 Å². The predicted molar refractivity (Wildman–Crippen MR) is 61.8 cm³/mol. The van der Waals surface area contributed by atoms with Gasteiger partial charge in [0, 0.05) is 18.1 Å². The van der Waals surface area contributed by atoms with E-state index < -0.39 is 0 Å². The van der Waals surface area contributed by atoms with E-state index in [-0.39, 0.29) is 0 Å². The fourth-order valence-corrected chi connectivity index (χ4v) is 2.75. The van der Waals surface area contributed by atoms with Crippen molar-refractivity contribution in [3.05, 3.63) is 16.1 Å². The van der Waals surface area contributed by atoms with Crippen LogP contribution in [0.5, 0.6) is 0 Å². The smallest absolute Gasteiger partial charge is 0.222 e. The number of thioether (sulfide) groups is 1. The van der Waals surface area contributed by atoms with Gasteiger partial charge in [0.15, 0.2) is 5.16 Å². The molecular formula is C8H11N5S2. The van der Waals surface area contributed by atoms with Gasteiger partial charge in [0.1, 0.15) is 5.01 Å². The van der Waals surface area contributed by atoms with Crippen molar-refractivity contribution >= 4 is 29.0 Å². The fourth-order valence-electron chi connectivity index (χ4n) is 1.05. The maximum Gasteiger partial charge on any atom is 0.222 e. The van der Waals surface area contributed by atoms with Crippen LogP contribution in [0.2, 0.25) is 0 Å². The van der Waals surface area contributed by atoms with Crippen molar-refractivity contribution in [2.75, 3.05) is 5.73 Å². The van der Waals surface area contributed by atoms with Gasteiger partial charge in [0.25, 0.3) is 0 Å². The summed E-state index contributed by atoms with van der Waals surface area (Å²) in [6, 6.07) is 0. The summed E-state index contributed by atoms with van der Waals surface area (Å²) in [5, 5.41) is 11.7. The van der Waals surface area contributed by atoms with Crippen LogP contribution in [-0.4, -0.2) is 19.7 Å². The maximum absolute atomic E-state index is 5.58. The summed E-state index contributed by atoms with van der Waals surface area (Å²) in [7, 11) is 1.85. The second kappa shape index (κ2) is 4.19. The molecule has 15 heavy (non-hydrogen) atoms. The lowest BCUT2D eigenvalue weighted by Crippen LogP contribution is -1.98. The van der Waals surface area contributed by atoms with Crippen molar-refractivity contribution in [1.29, 1.82) is 0 Å². The fraction of sp³-hybridized carbons (Fsp3) is 0.375. The van der Waals surface area contributed by atoms with Gasteiger partial charge in [0.05, 0.1) is 5.75 Å². The zero-order valence-electron chi connectivity index (χ0n) is 8.47. The molecule has 2 aromatic heterocycles. The Morgan fingerprint density at radius 2 is 2.33 bits per heavy atom. The van der Waals surface area contributed by atoms with E-state index in [1.165, 1.54) is 0 Å². The first-order valence-electron chi connectivity index (χ1n) is 4.35. The van der Waals surface area contributed by atoms with Gasteiger partial charge in [0.2, 0.25) is 5.95 Å². The summed E-state index contributed by atoms with van der Waals surface area (Å²) < 4.78 is 1.77. The second-order valence-corrected chi connectivity index (χ2v) is 4.96. The van der Waals surface area contributed by atoms with E-state index in [4.69, 9.17) is 5.73 Å². The number of hydrogen-bond donors (Lipinski definition) is 1. The molecule has 0 aromatic carbocycles. The van der Waals surface area contributed by atoms with Gasteiger partial charge in [-0.15, -0.1) is 21.5 Å². The highest BCUT2D eigenvalue weighted by Gasteiger charge is 2.07. The molecule has 0 bridgehead atoms. The third-order valence-corrected chi connectivity index (χ3v) is 4.04. The van der Waals surface area contributed by atoms with Gasteiger partial charge in [-0.3, -0.25) is 4.57 Å². The molecule has 0 unspecified atom stereocenters. The summed E-state index contributed by atoms with van der Waals surface area (Å²) in [6.07, 6.45) is 0. The molecule has 80 valence electrons. The lowest BCUT2D eigenvalue weighted by molar-refractivity contribution is 0.795. The SMILES string of the molecule is Cc1csc(CSc2nnc(N)n2C)n1. The Bertz CT molecular complexity index is 461. The van der Waals surface area contributed by atoms with Gasteiger partial charge in [-0.2, -0.15) is 0 Å². The first kappa shape index (κ1) is 10.4. The van der Waals surface area contributed by atoms with E-state index in [0.29, 0.717) is 5.95 Å². The van der Waals surface area contributed by atoms with Crippen LogP contribution in [-0.2, 0) is 12.8 Å². The summed E-state index contributed by atoms with van der Waals surface area (Å²) >= 11 is 3.25. The van der Waals surface area contributed by atoms with Gasteiger partial charge >= 0.3 is 0 Å². The largest absolute Gasteiger partial charge is 0.368 e. The van der Waals surface area contributed by atoms with Gasteiger partial charge in [-0.1, -0.05) is 11.8 Å². The number of anilines is 1. The van der Waals surface area contributed by atoms with E-state index in [1.807, 2.05) is 19.4 Å². The van der Waals surface area contributed by atoms with Crippen LogP contribution in [0.3, 0.4) is 0 Å². The first-order valence-corrected chi connectivity index (χ1v) is 6.22. The van der Waals surface area contributed by atoms with Crippen molar-refractivity contribution in [1.82, 2.24) is 19.7 Å². The summed E-state index contributed by atoms with van der Waals surface area (Å²) in [5.74, 6) is 1.25. The molecule has 0 saturated carbocycles. The Labute approximate surface area is 95.7 Å². The molecule has 0 aliphatic carbocycles. The van der Waals surface area contributed by atoms with Crippen LogP contribution in [0.15, 0.2) is 10.5 Å². The number of nitrogen functional groups attached to an aromatic ring is 1. The molecule has 0 aliphatic rings. The number of hydrogen-bond acceptors (Lipinski definition) is 6. The Morgan fingerprint density at radius 1 is 1.53 bits per heavy atom. The molecule has 0 amide bonds. The lowest BCUT2D eigenvalue weighted by Gasteiger charge is -1.98. The second-order valence-electron chi connectivity index (χ2n) is 3.07. The molecule has 0 spiro atoms. The third-order valence-electron chi connectivity index (χ3n) is 1.86. The van der Waals surface area contributed by atoms with E-state index in [1.54, 1.807) is 27.7 Å². The predicted octanol–water partition coefficient (Wildman–Crippen LogP) is 1.45. The quantitative estimate of drug-likeness (QED) is 0.824. The summed E-state index contributed by atoms with van der Waals surface area (Å²) in [4.78, 5) is 4.37. The number of rotatable bonds is 3. The number of thiazole rings is 1. The topological polar surface area (TPSA) is 69.6 Å². The molecule has 5 nitrogen and oxygen atoms in total. The van der Waals surface area contributed by atoms with E-state index in [2.05, 4.69) is 15.2 Å². The van der Waals surface area contributed by atoms with Crippen molar-refractivity contribution in [3.63, 3.8) is 0 Å².